The van der Waals surface area contributed by atoms with Gasteiger partial charge in [0, 0.05) is 11.7 Å². The summed E-state index contributed by atoms with van der Waals surface area (Å²) in [7, 11) is 0. The number of carbonyl (C=O) groups is 1. The summed E-state index contributed by atoms with van der Waals surface area (Å²) in [6.45, 7) is 6.23. The number of rotatable bonds is 3. The van der Waals surface area contributed by atoms with Crippen LogP contribution in [0.25, 0.3) is 0 Å². The van der Waals surface area contributed by atoms with E-state index in [1.54, 1.807) is 0 Å². The van der Waals surface area contributed by atoms with E-state index in [2.05, 4.69) is 24.0 Å². The predicted octanol–water partition coefficient (Wildman–Crippen LogP) is 2.39. The average Bonchev–Trinajstić information content (AvgIpc) is 2.55. The monoisotopic (exact) mass is 233 g/mol. The van der Waals surface area contributed by atoms with Crippen LogP contribution < -0.4 is 4.90 Å². The molecule has 0 radical (unpaired) electrons. The van der Waals surface area contributed by atoms with Gasteiger partial charge in [0.1, 0.15) is 6.54 Å². The largest absolute Gasteiger partial charge is 0.462 e. The predicted molar refractivity (Wildman–Crippen MR) is 68.2 cm³/mol. The van der Waals surface area contributed by atoms with Gasteiger partial charge >= 0.3 is 5.97 Å². The van der Waals surface area contributed by atoms with E-state index in [9.17, 15) is 4.79 Å². The molecule has 92 valence electrons. The van der Waals surface area contributed by atoms with E-state index in [-0.39, 0.29) is 12.1 Å². The molecule has 1 atom stereocenters. The summed E-state index contributed by atoms with van der Waals surface area (Å²) < 4.78 is 5.19. The second-order valence-corrected chi connectivity index (χ2v) is 4.85. The average molecular weight is 233 g/mol. The van der Waals surface area contributed by atoms with Crippen LogP contribution in [0.3, 0.4) is 0 Å². The number of benzene rings is 1. The quantitative estimate of drug-likeness (QED) is 0.751. The summed E-state index contributed by atoms with van der Waals surface area (Å²) in [5.74, 6) is -0.149. The van der Waals surface area contributed by atoms with Gasteiger partial charge in [0.2, 0.25) is 0 Å². The fourth-order valence-corrected chi connectivity index (χ4v) is 2.31. The lowest BCUT2D eigenvalue weighted by atomic mass is 10.1. The van der Waals surface area contributed by atoms with Crippen LogP contribution in [-0.4, -0.2) is 24.7 Å². The molecule has 0 fully saturated rings. The van der Waals surface area contributed by atoms with Gasteiger partial charge in [-0.05, 0) is 38.8 Å². The number of para-hydroxylation sites is 1. The number of carbonyl (C=O) groups excluding carboxylic acids is 1. The summed E-state index contributed by atoms with van der Waals surface area (Å²) in [6, 6.07) is 8.62. The molecule has 1 aromatic carbocycles. The fourth-order valence-electron chi connectivity index (χ4n) is 2.31. The summed E-state index contributed by atoms with van der Waals surface area (Å²) in [6.07, 6.45) is 0.959. The number of ether oxygens (including phenoxy) is 1. The van der Waals surface area contributed by atoms with E-state index in [0.29, 0.717) is 12.6 Å². The lowest BCUT2D eigenvalue weighted by Crippen LogP contribution is -2.36. The number of esters is 1. The molecule has 3 heteroatoms. The molecule has 0 saturated carbocycles. The fraction of sp³-hybridized carbons (Fsp3) is 0.500. The number of fused-ring (bicyclic) bond motifs is 1. The van der Waals surface area contributed by atoms with Gasteiger partial charge in [-0.15, -0.1) is 0 Å². The number of anilines is 1. The van der Waals surface area contributed by atoms with Gasteiger partial charge in [-0.1, -0.05) is 18.2 Å². The molecule has 0 N–H and O–H groups in total. The summed E-state index contributed by atoms with van der Waals surface area (Å²) in [4.78, 5) is 13.8. The standard InChI is InChI=1S/C14H19NO2/c1-10(2)17-14(16)9-15-11(3)8-12-6-4-5-7-13(12)15/h4-7,10-11H,8-9H2,1-3H3. The first-order chi connectivity index (χ1) is 8.08. The number of hydrogen-bond acceptors (Lipinski definition) is 3. The van der Waals surface area contributed by atoms with Gasteiger partial charge in [0.05, 0.1) is 6.10 Å². The van der Waals surface area contributed by atoms with Crippen LogP contribution in [0.4, 0.5) is 5.69 Å². The van der Waals surface area contributed by atoms with E-state index in [0.717, 1.165) is 6.42 Å². The van der Waals surface area contributed by atoms with E-state index in [1.807, 2.05) is 26.0 Å². The van der Waals surface area contributed by atoms with Gasteiger partial charge in [0.15, 0.2) is 0 Å². The van der Waals surface area contributed by atoms with Crippen molar-refractivity contribution in [1.29, 1.82) is 0 Å². The van der Waals surface area contributed by atoms with Crippen LogP contribution in [0.15, 0.2) is 24.3 Å². The van der Waals surface area contributed by atoms with Crippen molar-refractivity contribution in [2.24, 2.45) is 0 Å². The molecule has 0 aliphatic carbocycles. The second-order valence-electron chi connectivity index (χ2n) is 4.85. The van der Waals surface area contributed by atoms with Crippen LogP contribution in [0.2, 0.25) is 0 Å². The molecular weight excluding hydrogens is 214 g/mol. The van der Waals surface area contributed by atoms with Gasteiger partial charge in [-0.2, -0.15) is 0 Å². The lowest BCUT2D eigenvalue weighted by molar-refractivity contribution is -0.145. The van der Waals surface area contributed by atoms with Gasteiger partial charge in [-0.25, -0.2) is 0 Å². The molecule has 1 aromatic rings. The molecule has 0 aromatic heterocycles. The normalized spacial score (nSPS) is 18.4. The highest BCUT2D eigenvalue weighted by Gasteiger charge is 2.27. The smallest absolute Gasteiger partial charge is 0.325 e. The second kappa shape index (κ2) is 4.78. The third kappa shape index (κ3) is 2.60. The number of hydrogen-bond donors (Lipinski definition) is 0. The topological polar surface area (TPSA) is 29.5 Å². The maximum Gasteiger partial charge on any atom is 0.325 e. The van der Waals surface area contributed by atoms with E-state index < -0.39 is 0 Å². The SMILES string of the molecule is CC(C)OC(=O)CN1c2ccccc2CC1C. The Kier molecular flexibility index (Phi) is 3.36. The van der Waals surface area contributed by atoms with Gasteiger partial charge < -0.3 is 9.64 Å². The van der Waals surface area contributed by atoms with Crippen molar-refractivity contribution < 1.29 is 9.53 Å². The first-order valence-electron chi connectivity index (χ1n) is 6.12. The molecule has 2 rings (SSSR count). The van der Waals surface area contributed by atoms with Crippen molar-refractivity contribution in [2.45, 2.75) is 39.3 Å². The molecular formula is C14H19NO2. The molecule has 0 amide bonds. The van der Waals surface area contributed by atoms with Gasteiger partial charge in [0.25, 0.3) is 0 Å². The molecule has 0 saturated heterocycles. The Morgan fingerprint density at radius 1 is 1.47 bits per heavy atom. The highest BCUT2D eigenvalue weighted by Crippen LogP contribution is 2.31. The summed E-state index contributed by atoms with van der Waals surface area (Å²) >= 11 is 0. The Morgan fingerprint density at radius 3 is 2.88 bits per heavy atom. The molecule has 0 spiro atoms. The zero-order valence-electron chi connectivity index (χ0n) is 10.6. The Balaban J connectivity index is 2.09. The Morgan fingerprint density at radius 2 is 2.18 bits per heavy atom. The highest BCUT2D eigenvalue weighted by atomic mass is 16.5. The molecule has 0 bridgehead atoms. The van der Waals surface area contributed by atoms with E-state index in [1.165, 1.54) is 11.3 Å². The molecule has 1 aliphatic rings. The summed E-state index contributed by atoms with van der Waals surface area (Å²) in [5.41, 5.74) is 2.48. The summed E-state index contributed by atoms with van der Waals surface area (Å²) in [5, 5.41) is 0. The van der Waals surface area contributed by atoms with Crippen molar-refractivity contribution in [3.63, 3.8) is 0 Å². The van der Waals surface area contributed by atoms with Crippen LogP contribution in [0, 0.1) is 0 Å². The Bertz CT molecular complexity index is 414. The minimum Gasteiger partial charge on any atom is -0.462 e. The Hall–Kier alpha value is -1.51. The molecule has 1 heterocycles. The van der Waals surface area contributed by atoms with Crippen molar-refractivity contribution >= 4 is 11.7 Å². The van der Waals surface area contributed by atoms with Crippen molar-refractivity contribution in [2.75, 3.05) is 11.4 Å². The third-order valence-electron chi connectivity index (χ3n) is 3.02. The third-order valence-corrected chi connectivity index (χ3v) is 3.02. The molecule has 17 heavy (non-hydrogen) atoms. The van der Waals surface area contributed by atoms with Crippen molar-refractivity contribution in [3.05, 3.63) is 29.8 Å². The van der Waals surface area contributed by atoms with Crippen LogP contribution in [-0.2, 0) is 16.0 Å². The molecule has 1 aliphatic heterocycles. The zero-order chi connectivity index (χ0) is 12.4. The maximum absolute atomic E-state index is 11.7. The van der Waals surface area contributed by atoms with E-state index in [4.69, 9.17) is 4.74 Å². The lowest BCUT2D eigenvalue weighted by Gasteiger charge is -2.24. The van der Waals surface area contributed by atoms with Gasteiger partial charge in [-0.3, -0.25) is 4.79 Å². The van der Waals surface area contributed by atoms with Crippen LogP contribution in [0.5, 0.6) is 0 Å². The molecule has 1 unspecified atom stereocenters. The van der Waals surface area contributed by atoms with Crippen LogP contribution in [0.1, 0.15) is 26.3 Å². The minimum absolute atomic E-state index is 0.0457. The van der Waals surface area contributed by atoms with Crippen molar-refractivity contribution in [3.8, 4) is 0 Å². The van der Waals surface area contributed by atoms with Crippen molar-refractivity contribution in [1.82, 2.24) is 0 Å². The first-order valence-corrected chi connectivity index (χ1v) is 6.12. The van der Waals surface area contributed by atoms with E-state index >= 15 is 0 Å². The highest BCUT2D eigenvalue weighted by molar-refractivity contribution is 5.77. The number of nitrogens with zero attached hydrogens (tertiary/aromatic N) is 1. The zero-order valence-corrected chi connectivity index (χ0v) is 10.6. The maximum atomic E-state index is 11.7. The minimum atomic E-state index is -0.149. The van der Waals surface area contributed by atoms with Crippen LogP contribution >= 0.6 is 0 Å². The first kappa shape index (κ1) is 12.0. The molecule has 3 nitrogen and oxygen atoms in total. The Labute approximate surface area is 102 Å².